The lowest BCUT2D eigenvalue weighted by Crippen LogP contribution is -2.12. The van der Waals surface area contributed by atoms with Gasteiger partial charge in [-0.3, -0.25) is 4.79 Å². The molecule has 0 bridgehead atoms. The average Bonchev–Trinajstić information content (AvgIpc) is 2.81. The molecule has 0 radical (unpaired) electrons. The monoisotopic (exact) mass is 488 g/mol. The highest BCUT2D eigenvalue weighted by atomic mass is 16.5. The van der Waals surface area contributed by atoms with Crippen LogP contribution in [0.3, 0.4) is 0 Å². The molecular formula is C32H56O3. The number of benzene rings is 1. The molecule has 0 atom stereocenters. The summed E-state index contributed by atoms with van der Waals surface area (Å²) in [7, 11) is 0. The first-order valence-corrected chi connectivity index (χ1v) is 14.9. The number of phenolic OH excluding ortho intramolecular Hbond substituents is 1. The fourth-order valence-corrected chi connectivity index (χ4v) is 4.79. The summed E-state index contributed by atoms with van der Waals surface area (Å²) >= 11 is 0. The molecule has 0 amide bonds. The van der Waals surface area contributed by atoms with Gasteiger partial charge in [0.15, 0.2) is 0 Å². The molecule has 1 aromatic carbocycles. The molecular weight excluding hydrogens is 432 g/mol. The van der Waals surface area contributed by atoms with Crippen molar-refractivity contribution < 1.29 is 14.6 Å². The molecule has 0 aliphatic carbocycles. The Morgan fingerprint density at radius 3 is 1.34 bits per heavy atom. The Morgan fingerprint density at radius 2 is 1.00 bits per heavy atom. The highest BCUT2D eigenvalue weighted by molar-refractivity contribution is 5.73. The minimum atomic E-state index is -0.152. The van der Waals surface area contributed by atoms with Crippen LogP contribution in [0.4, 0.5) is 0 Å². The Bertz CT molecular complexity index is 648. The number of esters is 1. The zero-order valence-electron chi connectivity index (χ0n) is 23.8. The molecule has 0 spiro atoms. The van der Waals surface area contributed by atoms with Crippen LogP contribution in [0, 0.1) is 0 Å². The van der Waals surface area contributed by atoms with Gasteiger partial charge >= 0.3 is 5.97 Å². The molecule has 0 saturated carbocycles. The highest BCUT2D eigenvalue weighted by Crippen LogP contribution is 2.38. The minimum Gasteiger partial charge on any atom is -0.508 e. The second kappa shape index (κ2) is 19.7. The number of ether oxygens (including phenoxy) is 1. The molecule has 3 heteroatoms. The van der Waals surface area contributed by atoms with Crippen molar-refractivity contribution >= 4 is 5.97 Å². The summed E-state index contributed by atoms with van der Waals surface area (Å²) in [5.41, 5.74) is 1.81. The molecule has 3 nitrogen and oxygen atoms in total. The van der Waals surface area contributed by atoms with Gasteiger partial charge in [-0.25, -0.2) is 0 Å². The number of hydrogen-bond acceptors (Lipinski definition) is 3. The van der Waals surface area contributed by atoms with E-state index in [1.165, 1.54) is 96.3 Å². The second-order valence-electron chi connectivity index (χ2n) is 11.1. The van der Waals surface area contributed by atoms with Crippen LogP contribution >= 0.6 is 0 Å². The lowest BCUT2D eigenvalue weighted by molar-refractivity contribution is -0.134. The summed E-state index contributed by atoms with van der Waals surface area (Å²) in [6.07, 6.45) is 23.2. The van der Waals surface area contributed by atoms with Crippen molar-refractivity contribution in [3.63, 3.8) is 0 Å². The van der Waals surface area contributed by atoms with Crippen LogP contribution in [0.5, 0.6) is 11.5 Å². The van der Waals surface area contributed by atoms with E-state index >= 15 is 0 Å². The molecule has 1 rings (SSSR count). The summed E-state index contributed by atoms with van der Waals surface area (Å²) in [5, 5.41) is 10.1. The number of aromatic hydroxyl groups is 1. The summed E-state index contributed by atoms with van der Waals surface area (Å²) in [4.78, 5) is 12.5. The molecule has 0 aliphatic heterocycles. The van der Waals surface area contributed by atoms with Crippen molar-refractivity contribution in [3.05, 3.63) is 23.3 Å². The van der Waals surface area contributed by atoms with Gasteiger partial charge in [-0.1, -0.05) is 137 Å². The Labute approximate surface area is 217 Å². The third-order valence-electron chi connectivity index (χ3n) is 7.08. The largest absolute Gasteiger partial charge is 0.508 e. The SMILES string of the molecule is CCCCCCCCCCCCCCCCCCCC(=O)Oc1c(C(C)C)cc(O)cc1C(C)C. The van der Waals surface area contributed by atoms with Gasteiger partial charge in [0.2, 0.25) is 0 Å². The zero-order valence-corrected chi connectivity index (χ0v) is 23.8. The Balaban J connectivity index is 2.09. The molecule has 35 heavy (non-hydrogen) atoms. The minimum absolute atomic E-state index is 0.152. The second-order valence-corrected chi connectivity index (χ2v) is 11.1. The number of carbonyl (C=O) groups is 1. The summed E-state index contributed by atoms with van der Waals surface area (Å²) in [5.74, 6) is 1.11. The molecule has 0 saturated heterocycles. The Hall–Kier alpha value is -1.51. The number of hydrogen-bond donors (Lipinski definition) is 1. The van der Waals surface area contributed by atoms with E-state index in [1.807, 2.05) is 0 Å². The van der Waals surface area contributed by atoms with Crippen LogP contribution in [-0.4, -0.2) is 11.1 Å². The number of phenols is 1. The van der Waals surface area contributed by atoms with Crippen LogP contribution in [0.15, 0.2) is 12.1 Å². The summed E-state index contributed by atoms with van der Waals surface area (Å²) in [6, 6.07) is 3.46. The van der Waals surface area contributed by atoms with E-state index in [0.717, 1.165) is 24.0 Å². The molecule has 0 aromatic heterocycles. The summed E-state index contributed by atoms with van der Waals surface area (Å²) in [6.45, 7) is 10.5. The van der Waals surface area contributed by atoms with Crippen LogP contribution in [0.25, 0.3) is 0 Å². The Kier molecular flexibility index (Phi) is 17.7. The van der Waals surface area contributed by atoms with Crippen molar-refractivity contribution in [2.45, 2.75) is 162 Å². The lowest BCUT2D eigenvalue weighted by Gasteiger charge is -2.19. The van der Waals surface area contributed by atoms with Gasteiger partial charge in [0.25, 0.3) is 0 Å². The first kappa shape index (κ1) is 31.5. The van der Waals surface area contributed by atoms with Crippen molar-refractivity contribution in [2.24, 2.45) is 0 Å². The maximum absolute atomic E-state index is 12.5. The molecule has 1 aromatic rings. The first-order valence-electron chi connectivity index (χ1n) is 14.9. The van der Waals surface area contributed by atoms with E-state index in [0.29, 0.717) is 12.2 Å². The van der Waals surface area contributed by atoms with Crippen LogP contribution < -0.4 is 4.74 Å². The lowest BCUT2D eigenvalue weighted by atomic mass is 9.93. The predicted molar refractivity (Wildman–Crippen MR) is 151 cm³/mol. The van der Waals surface area contributed by atoms with Gasteiger partial charge in [-0.05, 0) is 30.4 Å². The topological polar surface area (TPSA) is 46.5 Å². The fraction of sp³-hybridized carbons (Fsp3) is 0.781. The molecule has 0 unspecified atom stereocenters. The van der Waals surface area contributed by atoms with Crippen LogP contribution in [0.1, 0.15) is 173 Å². The van der Waals surface area contributed by atoms with Gasteiger partial charge in [-0.2, -0.15) is 0 Å². The van der Waals surface area contributed by atoms with E-state index in [2.05, 4.69) is 34.6 Å². The molecule has 0 heterocycles. The third-order valence-corrected chi connectivity index (χ3v) is 7.08. The number of unbranched alkanes of at least 4 members (excludes halogenated alkanes) is 16. The quantitative estimate of drug-likeness (QED) is 0.106. The molecule has 1 N–H and O–H groups in total. The number of rotatable bonds is 21. The van der Waals surface area contributed by atoms with Crippen molar-refractivity contribution in [1.82, 2.24) is 0 Å². The molecule has 0 fully saturated rings. The van der Waals surface area contributed by atoms with E-state index in [4.69, 9.17) is 4.74 Å². The Morgan fingerprint density at radius 1 is 0.657 bits per heavy atom. The smallest absolute Gasteiger partial charge is 0.311 e. The third kappa shape index (κ3) is 14.6. The fourth-order valence-electron chi connectivity index (χ4n) is 4.79. The highest BCUT2D eigenvalue weighted by Gasteiger charge is 2.19. The predicted octanol–water partition coefficient (Wildman–Crippen LogP) is 10.6. The maximum Gasteiger partial charge on any atom is 0.311 e. The van der Waals surface area contributed by atoms with E-state index in [-0.39, 0.29) is 23.6 Å². The van der Waals surface area contributed by atoms with Gasteiger partial charge in [0, 0.05) is 17.5 Å². The van der Waals surface area contributed by atoms with Gasteiger partial charge in [-0.15, -0.1) is 0 Å². The van der Waals surface area contributed by atoms with Crippen molar-refractivity contribution in [2.75, 3.05) is 0 Å². The molecule has 202 valence electrons. The summed E-state index contributed by atoms with van der Waals surface area (Å²) < 4.78 is 5.83. The van der Waals surface area contributed by atoms with Crippen molar-refractivity contribution in [1.29, 1.82) is 0 Å². The first-order chi connectivity index (χ1) is 16.9. The molecule has 0 aliphatic rings. The standard InChI is InChI=1S/C32H56O3/c1-6-7-8-9-10-11-12-13-14-15-16-17-18-19-20-21-22-23-31(34)35-32-29(26(2)3)24-28(33)25-30(32)27(4)5/h24-27,33H,6-23H2,1-5H3. The zero-order chi connectivity index (χ0) is 25.9. The van der Waals surface area contributed by atoms with E-state index < -0.39 is 0 Å². The number of carbonyl (C=O) groups excluding carboxylic acids is 1. The van der Waals surface area contributed by atoms with E-state index in [1.54, 1.807) is 12.1 Å². The normalized spacial score (nSPS) is 11.5. The van der Waals surface area contributed by atoms with Gasteiger partial charge < -0.3 is 9.84 Å². The van der Waals surface area contributed by atoms with Crippen LogP contribution in [-0.2, 0) is 4.79 Å². The van der Waals surface area contributed by atoms with E-state index in [9.17, 15) is 9.90 Å². The van der Waals surface area contributed by atoms with Crippen molar-refractivity contribution in [3.8, 4) is 11.5 Å². The van der Waals surface area contributed by atoms with Gasteiger partial charge in [0.1, 0.15) is 11.5 Å². The van der Waals surface area contributed by atoms with Crippen LogP contribution in [0.2, 0.25) is 0 Å². The maximum atomic E-state index is 12.5. The van der Waals surface area contributed by atoms with Gasteiger partial charge in [0.05, 0.1) is 0 Å². The average molecular weight is 489 g/mol.